The van der Waals surface area contributed by atoms with Crippen molar-refractivity contribution < 1.29 is 32.6 Å². The van der Waals surface area contributed by atoms with Crippen LogP contribution in [0.25, 0.3) is 0 Å². The number of carbonyl (C=O) groups excluding carboxylic acids is 1. The zero-order valence-electron chi connectivity index (χ0n) is 10.8. The van der Waals surface area contributed by atoms with Crippen molar-refractivity contribution in [2.45, 2.75) is 18.9 Å². The average molecular weight is 293 g/mol. The van der Waals surface area contributed by atoms with Gasteiger partial charge in [0.05, 0.1) is 19.6 Å². The van der Waals surface area contributed by atoms with Crippen LogP contribution in [0.4, 0.5) is 13.2 Å². The van der Waals surface area contributed by atoms with Crippen molar-refractivity contribution in [1.82, 2.24) is 5.06 Å². The molecule has 0 heterocycles. The number of alkyl halides is 3. The molecule has 20 heavy (non-hydrogen) atoms. The maximum absolute atomic E-state index is 12.1. The topological polar surface area (TPSA) is 59.0 Å². The molecule has 0 saturated heterocycles. The van der Waals surface area contributed by atoms with Crippen molar-refractivity contribution in [3.8, 4) is 5.75 Å². The molecule has 0 spiro atoms. The summed E-state index contributed by atoms with van der Waals surface area (Å²) in [5.74, 6) is -0.969. The molecule has 1 amide bonds. The maximum atomic E-state index is 12.1. The van der Waals surface area contributed by atoms with Crippen molar-refractivity contribution in [3.05, 3.63) is 29.8 Å². The van der Waals surface area contributed by atoms with E-state index < -0.39 is 24.1 Å². The summed E-state index contributed by atoms with van der Waals surface area (Å²) in [5, 5.41) is 10.7. The van der Waals surface area contributed by atoms with Gasteiger partial charge < -0.3 is 9.84 Å². The smallest absolute Gasteiger partial charge is 0.406 e. The van der Waals surface area contributed by atoms with E-state index in [2.05, 4.69) is 9.57 Å². The molecular formula is C12H14F3NO4. The third-order valence-electron chi connectivity index (χ3n) is 2.47. The van der Waals surface area contributed by atoms with Gasteiger partial charge in [-0.1, -0.05) is 12.1 Å². The van der Waals surface area contributed by atoms with Gasteiger partial charge in [-0.2, -0.15) is 0 Å². The second-order valence-electron chi connectivity index (χ2n) is 3.91. The average Bonchev–Trinajstić information content (AvgIpc) is 2.35. The summed E-state index contributed by atoms with van der Waals surface area (Å²) in [6.07, 6.45) is -6.38. The number of aliphatic hydroxyl groups excluding tert-OH is 1. The fourth-order valence-corrected chi connectivity index (χ4v) is 1.43. The van der Waals surface area contributed by atoms with Crippen molar-refractivity contribution in [2.24, 2.45) is 0 Å². The first-order chi connectivity index (χ1) is 9.23. The molecule has 1 unspecified atom stereocenters. The molecule has 1 rings (SSSR count). The van der Waals surface area contributed by atoms with Gasteiger partial charge in [-0.25, -0.2) is 5.06 Å². The molecule has 1 aromatic rings. The molecule has 8 heteroatoms. The molecule has 0 bridgehead atoms. The number of halogens is 3. The first kappa shape index (κ1) is 16.3. The number of aliphatic hydroxyl groups is 1. The van der Waals surface area contributed by atoms with E-state index in [1.54, 1.807) is 0 Å². The number of carbonyl (C=O) groups is 1. The molecule has 0 aromatic heterocycles. The minimum absolute atomic E-state index is 0.143. The van der Waals surface area contributed by atoms with Gasteiger partial charge in [0.15, 0.2) is 0 Å². The number of amides is 1. The maximum Gasteiger partial charge on any atom is 0.573 e. The third-order valence-corrected chi connectivity index (χ3v) is 2.47. The number of hydrogen-bond donors (Lipinski definition) is 1. The molecule has 0 aliphatic carbocycles. The fourth-order valence-electron chi connectivity index (χ4n) is 1.43. The van der Waals surface area contributed by atoms with Crippen LogP contribution >= 0.6 is 0 Å². The van der Waals surface area contributed by atoms with Gasteiger partial charge >= 0.3 is 6.36 Å². The van der Waals surface area contributed by atoms with Crippen LogP contribution in [0.3, 0.4) is 0 Å². The lowest BCUT2D eigenvalue weighted by molar-refractivity contribution is -0.274. The second kappa shape index (κ2) is 6.58. The third kappa shape index (κ3) is 5.06. The van der Waals surface area contributed by atoms with Gasteiger partial charge in [-0.3, -0.25) is 9.63 Å². The zero-order chi connectivity index (χ0) is 15.3. The molecule has 0 aliphatic rings. The Labute approximate surface area is 113 Å². The highest BCUT2D eigenvalue weighted by atomic mass is 19.4. The number of hydrogen-bond acceptors (Lipinski definition) is 4. The van der Waals surface area contributed by atoms with Crippen LogP contribution in [0.1, 0.15) is 18.1 Å². The minimum atomic E-state index is -4.81. The number of ether oxygens (including phenoxy) is 1. The van der Waals surface area contributed by atoms with Gasteiger partial charge in [0.1, 0.15) is 5.75 Å². The Kier molecular flexibility index (Phi) is 5.34. The summed E-state index contributed by atoms with van der Waals surface area (Å²) >= 11 is 0. The van der Waals surface area contributed by atoms with Gasteiger partial charge in [0, 0.05) is 7.05 Å². The number of rotatable bonds is 5. The normalized spacial score (nSPS) is 12.9. The lowest BCUT2D eigenvalue weighted by Crippen LogP contribution is -2.26. The highest BCUT2D eigenvalue weighted by Gasteiger charge is 2.31. The first-order valence-corrected chi connectivity index (χ1v) is 5.57. The Bertz CT molecular complexity index is 464. The Morgan fingerprint density at radius 2 is 2.10 bits per heavy atom. The number of nitrogens with zero attached hydrogens (tertiary/aromatic N) is 1. The molecule has 112 valence electrons. The van der Waals surface area contributed by atoms with E-state index in [4.69, 9.17) is 0 Å². The van der Waals surface area contributed by atoms with Crippen LogP contribution in [0, 0.1) is 0 Å². The van der Waals surface area contributed by atoms with Crippen LogP contribution in [0.2, 0.25) is 0 Å². The van der Waals surface area contributed by atoms with E-state index >= 15 is 0 Å². The molecule has 5 nitrogen and oxygen atoms in total. The largest absolute Gasteiger partial charge is 0.573 e. The molecule has 0 radical (unpaired) electrons. The fraction of sp³-hybridized carbons (Fsp3) is 0.417. The summed E-state index contributed by atoms with van der Waals surface area (Å²) < 4.78 is 40.0. The van der Waals surface area contributed by atoms with Crippen LogP contribution in [-0.4, -0.2) is 36.6 Å². The Morgan fingerprint density at radius 1 is 1.45 bits per heavy atom. The van der Waals surface area contributed by atoms with Crippen molar-refractivity contribution in [3.63, 3.8) is 0 Å². The van der Waals surface area contributed by atoms with E-state index in [0.29, 0.717) is 0 Å². The van der Waals surface area contributed by atoms with Crippen LogP contribution in [0.5, 0.6) is 5.75 Å². The Morgan fingerprint density at radius 3 is 2.65 bits per heavy atom. The van der Waals surface area contributed by atoms with E-state index in [1.807, 2.05) is 0 Å². The van der Waals surface area contributed by atoms with Crippen LogP contribution in [0.15, 0.2) is 24.3 Å². The number of benzene rings is 1. The van der Waals surface area contributed by atoms with Gasteiger partial charge in [0.25, 0.3) is 0 Å². The molecule has 0 saturated carbocycles. The summed E-state index contributed by atoms with van der Waals surface area (Å²) in [6, 6.07) is 4.82. The van der Waals surface area contributed by atoms with Crippen molar-refractivity contribution in [1.29, 1.82) is 0 Å². The summed E-state index contributed by atoms with van der Waals surface area (Å²) in [4.78, 5) is 16.1. The highest BCUT2D eigenvalue weighted by Crippen LogP contribution is 2.26. The predicted octanol–water partition coefficient (Wildman–Crippen LogP) is 2.03. The zero-order valence-corrected chi connectivity index (χ0v) is 10.8. The lowest BCUT2D eigenvalue weighted by atomic mass is 10.1. The summed E-state index contributed by atoms with van der Waals surface area (Å²) in [7, 11) is 2.64. The molecular weight excluding hydrogens is 279 g/mol. The van der Waals surface area contributed by atoms with Crippen LogP contribution < -0.4 is 4.74 Å². The monoisotopic (exact) mass is 293 g/mol. The minimum Gasteiger partial charge on any atom is -0.406 e. The van der Waals surface area contributed by atoms with Gasteiger partial charge in [-0.15, -0.1) is 13.2 Å². The molecule has 1 aromatic carbocycles. The SMILES string of the molecule is CON(C)C(=O)CC(O)c1cccc(OC(F)(F)F)c1. The second-order valence-corrected chi connectivity index (χ2v) is 3.91. The predicted molar refractivity (Wildman–Crippen MR) is 62.5 cm³/mol. The number of hydroxylamine groups is 2. The van der Waals surface area contributed by atoms with E-state index in [0.717, 1.165) is 17.2 Å². The van der Waals surface area contributed by atoms with E-state index in [-0.39, 0.29) is 12.0 Å². The van der Waals surface area contributed by atoms with E-state index in [1.165, 1.54) is 26.3 Å². The molecule has 1 atom stereocenters. The van der Waals surface area contributed by atoms with Gasteiger partial charge in [0.2, 0.25) is 5.91 Å². The van der Waals surface area contributed by atoms with Gasteiger partial charge in [-0.05, 0) is 17.7 Å². The van der Waals surface area contributed by atoms with Crippen molar-refractivity contribution >= 4 is 5.91 Å². The molecule has 1 N–H and O–H groups in total. The van der Waals surface area contributed by atoms with E-state index in [9.17, 15) is 23.1 Å². The van der Waals surface area contributed by atoms with Crippen LogP contribution in [-0.2, 0) is 9.63 Å². The molecule has 0 aliphatic heterocycles. The standard InChI is InChI=1S/C12H14F3NO4/c1-16(19-2)11(18)7-10(17)8-4-3-5-9(6-8)20-12(13,14)15/h3-6,10,17H,7H2,1-2H3. The molecule has 0 fully saturated rings. The highest BCUT2D eigenvalue weighted by molar-refractivity contribution is 5.75. The van der Waals surface area contributed by atoms with Crippen molar-refractivity contribution in [2.75, 3.05) is 14.2 Å². The Hall–Kier alpha value is -1.80. The first-order valence-electron chi connectivity index (χ1n) is 5.57. The summed E-state index contributed by atoms with van der Waals surface area (Å²) in [5.41, 5.74) is 0.143. The lowest BCUT2D eigenvalue weighted by Gasteiger charge is -2.17. The Balaban J connectivity index is 2.76. The summed E-state index contributed by atoms with van der Waals surface area (Å²) in [6.45, 7) is 0. The quantitative estimate of drug-likeness (QED) is 0.844.